The van der Waals surface area contributed by atoms with Crippen LogP contribution in [0.3, 0.4) is 0 Å². The van der Waals surface area contributed by atoms with E-state index < -0.39 is 26.8 Å². The number of carboxylic acid groups (broad SMARTS) is 1. The number of ether oxygens (including phenoxy) is 1. The van der Waals surface area contributed by atoms with Gasteiger partial charge in [0.2, 0.25) is 10.0 Å². The van der Waals surface area contributed by atoms with E-state index in [9.17, 15) is 13.2 Å². The van der Waals surface area contributed by atoms with Crippen molar-refractivity contribution in [2.75, 3.05) is 13.2 Å². The SMILES string of the molecule is O=C(O)C1(NS(=O)(=O)C2CCOCC2)CCC1. The standard InChI is InChI=1S/C10H17NO5S/c12-9(13)10(4-1-5-10)11-17(14,15)8-2-6-16-7-3-8/h8,11H,1-7H2,(H,12,13). The van der Waals surface area contributed by atoms with Crippen molar-refractivity contribution >= 4 is 16.0 Å². The van der Waals surface area contributed by atoms with Crippen LogP contribution in [0, 0.1) is 0 Å². The first-order chi connectivity index (χ1) is 7.96. The van der Waals surface area contributed by atoms with Crippen LogP contribution in [0.25, 0.3) is 0 Å². The monoisotopic (exact) mass is 263 g/mol. The van der Waals surface area contributed by atoms with Gasteiger partial charge in [0.1, 0.15) is 5.54 Å². The maximum Gasteiger partial charge on any atom is 0.324 e. The zero-order valence-electron chi connectivity index (χ0n) is 9.52. The van der Waals surface area contributed by atoms with Crippen molar-refractivity contribution in [2.24, 2.45) is 0 Å². The Labute approximate surface area is 100 Å². The van der Waals surface area contributed by atoms with E-state index in [0.717, 1.165) is 6.42 Å². The number of carboxylic acids is 1. The van der Waals surface area contributed by atoms with Crippen LogP contribution in [0.15, 0.2) is 0 Å². The summed E-state index contributed by atoms with van der Waals surface area (Å²) in [5.74, 6) is -1.07. The molecule has 2 fully saturated rings. The van der Waals surface area contributed by atoms with Crippen molar-refractivity contribution < 1.29 is 23.1 Å². The van der Waals surface area contributed by atoms with Crippen molar-refractivity contribution in [1.29, 1.82) is 0 Å². The first-order valence-corrected chi connectivity index (χ1v) is 7.35. The average molecular weight is 263 g/mol. The van der Waals surface area contributed by atoms with E-state index in [1.807, 2.05) is 0 Å². The lowest BCUT2D eigenvalue weighted by molar-refractivity contribution is -0.147. The maximum absolute atomic E-state index is 12.1. The van der Waals surface area contributed by atoms with Crippen LogP contribution >= 0.6 is 0 Å². The fraction of sp³-hybridized carbons (Fsp3) is 0.900. The number of aliphatic carboxylic acids is 1. The fourth-order valence-corrected chi connectivity index (χ4v) is 4.05. The van der Waals surface area contributed by atoms with Crippen molar-refractivity contribution in [3.63, 3.8) is 0 Å². The van der Waals surface area contributed by atoms with Gasteiger partial charge in [-0.2, -0.15) is 4.72 Å². The largest absolute Gasteiger partial charge is 0.480 e. The Morgan fingerprint density at radius 3 is 2.29 bits per heavy atom. The molecular formula is C10H17NO5S. The quantitative estimate of drug-likeness (QED) is 0.750. The molecule has 0 bridgehead atoms. The zero-order valence-corrected chi connectivity index (χ0v) is 10.3. The van der Waals surface area contributed by atoms with Gasteiger partial charge in [0.05, 0.1) is 5.25 Å². The van der Waals surface area contributed by atoms with E-state index in [0.29, 0.717) is 38.9 Å². The maximum atomic E-state index is 12.1. The molecule has 1 heterocycles. The van der Waals surface area contributed by atoms with Crippen LogP contribution in [0.2, 0.25) is 0 Å². The molecule has 2 N–H and O–H groups in total. The zero-order chi connectivity index (χ0) is 12.5. The lowest BCUT2D eigenvalue weighted by atomic mass is 9.78. The highest BCUT2D eigenvalue weighted by atomic mass is 32.2. The summed E-state index contributed by atoms with van der Waals surface area (Å²) in [6, 6.07) is 0. The molecule has 0 aromatic heterocycles. The van der Waals surface area contributed by atoms with E-state index >= 15 is 0 Å². The predicted octanol–water partition coefficient (Wildman–Crippen LogP) is 0.0921. The Bertz CT molecular complexity index is 395. The number of sulfonamides is 1. The molecule has 1 saturated heterocycles. The molecule has 6 nitrogen and oxygen atoms in total. The van der Waals surface area contributed by atoms with Gasteiger partial charge in [-0.15, -0.1) is 0 Å². The van der Waals surface area contributed by atoms with Crippen LogP contribution in [-0.4, -0.2) is 43.5 Å². The van der Waals surface area contributed by atoms with Gasteiger partial charge in [0.15, 0.2) is 0 Å². The van der Waals surface area contributed by atoms with Gasteiger partial charge < -0.3 is 9.84 Å². The highest BCUT2D eigenvalue weighted by molar-refractivity contribution is 7.90. The summed E-state index contributed by atoms with van der Waals surface area (Å²) in [5, 5.41) is 8.57. The summed E-state index contributed by atoms with van der Waals surface area (Å²) in [4.78, 5) is 11.1. The smallest absolute Gasteiger partial charge is 0.324 e. The topological polar surface area (TPSA) is 92.7 Å². The normalized spacial score (nSPS) is 25.2. The van der Waals surface area contributed by atoms with Gasteiger partial charge in [0.25, 0.3) is 0 Å². The Morgan fingerprint density at radius 2 is 1.88 bits per heavy atom. The lowest BCUT2D eigenvalue weighted by Gasteiger charge is -2.39. The molecule has 0 aromatic rings. The van der Waals surface area contributed by atoms with Crippen LogP contribution in [-0.2, 0) is 19.6 Å². The lowest BCUT2D eigenvalue weighted by Crippen LogP contribution is -2.60. The van der Waals surface area contributed by atoms with Crippen molar-refractivity contribution in [2.45, 2.75) is 42.9 Å². The number of carbonyl (C=O) groups is 1. The molecule has 7 heteroatoms. The minimum Gasteiger partial charge on any atom is -0.480 e. The summed E-state index contributed by atoms with van der Waals surface area (Å²) in [6.07, 6.45) is 2.38. The summed E-state index contributed by atoms with van der Waals surface area (Å²) >= 11 is 0. The van der Waals surface area contributed by atoms with E-state index in [1.165, 1.54) is 0 Å². The second-order valence-electron chi connectivity index (χ2n) is 4.70. The molecule has 1 saturated carbocycles. The summed E-state index contributed by atoms with van der Waals surface area (Å²) in [7, 11) is -3.56. The van der Waals surface area contributed by atoms with E-state index in [4.69, 9.17) is 9.84 Å². The minimum absolute atomic E-state index is 0.380. The van der Waals surface area contributed by atoms with Gasteiger partial charge >= 0.3 is 5.97 Å². The second kappa shape index (κ2) is 4.55. The molecule has 17 heavy (non-hydrogen) atoms. The first kappa shape index (κ1) is 12.8. The predicted molar refractivity (Wildman–Crippen MR) is 60.1 cm³/mol. The molecule has 0 spiro atoms. The number of hydrogen-bond donors (Lipinski definition) is 2. The van der Waals surface area contributed by atoms with Gasteiger partial charge in [-0.05, 0) is 32.1 Å². The van der Waals surface area contributed by atoms with Crippen molar-refractivity contribution in [1.82, 2.24) is 4.72 Å². The third kappa shape index (κ3) is 2.46. The van der Waals surface area contributed by atoms with Crippen molar-refractivity contribution in [3.05, 3.63) is 0 Å². The number of hydrogen-bond acceptors (Lipinski definition) is 4. The number of nitrogens with one attached hydrogen (secondary N) is 1. The summed E-state index contributed by atoms with van der Waals surface area (Å²) in [5.41, 5.74) is -1.25. The van der Waals surface area contributed by atoms with Crippen molar-refractivity contribution in [3.8, 4) is 0 Å². The van der Waals surface area contributed by atoms with Gasteiger partial charge in [-0.25, -0.2) is 8.42 Å². The molecule has 0 amide bonds. The van der Waals surface area contributed by atoms with Crippen LogP contribution < -0.4 is 4.72 Å². The molecular weight excluding hydrogens is 246 g/mol. The number of rotatable bonds is 4. The highest BCUT2D eigenvalue weighted by Crippen LogP contribution is 2.33. The molecule has 0 aromatic carbocycles. The molecule has 2 rings (SSSR count). The third-order valence-electron chi connectivity index (χ3n) is 3.56. The molecule has 1 aliphatic heterocycles. The Balaban J connectivity index is 2.08. The minimum atomic E-state index is -3.56. The van der Waals surface area contributed by atoms with Crippen LogP contribution in [0.1, 0.15) is 32.1 Å². The molecule has 0 atom stereocenters. The highest BCUT2D eigenvalue weighted by Gasteiger charge is 2.48. The molecule has 98 valence electrons. The summed E-state index contributed by atoms with van der Waals surface area (Å²) in [6.45, 7) is 0.845. The molecule has 2 aliphatic rings. The van der Waals surface area contributed by atoms with Gasteiger partial charge in [-0.1, -0.05) is 0 Å². The first-order valence-electron chi connectivity index (χ1n) is 5.80. The second-order valence-corrected chi connectivity index (χ2v) is 6.66. The van der Waals surface area contributed by atoms with Gasteiger partial charge in [0, 0.05) is 13.2 Å². The molecule has 0 unspecified atom stereocenters. The average Bonchev–Trinajstić information content (AvgIpc) is 2.24. The summed E-state index contributed by atoms with van der Waals surface area (Å²) < 4.78 is 31.6. The molecule has 0 radical (unpaired) electrons. The van der Waals surface area contributed by atoms with Gasteiger partial charge in [-0.3, -0.25) is 4.79 Å². The third-order valence-corrected chi connectivity index (χ3v) is 5.59. The fourth-order valence-electron chi connectivity index (χ4n) is 2.23. The Morgan fingerprint density at radius 1 is 1.29 bits per heavy atom. The Hall–Kier alpha value is -0.660. The van der Waals surface area contributed by atoms with Crippen LogP contribution in [0.4, 0.5) is 0 Å². The van der Waals surface area contributed by atoms with E-state index in [1.54, 1.807) is 0 Å². The van der Waals surface area contributed by atoms with Crippen LogP contribution in [0.5, 0.6) is 0 Å². The van der Waals surface area contributed by atoms with E-state index in [-0.39, 0.29) is 0 Å². The Kier molecular flexibility index (Phi) is 3.42. The van der Waals surface area contributed by atoms with E-state index in [2.05, 4.69) is 4.72 Å². The molecule has 1 aliphatic carbocycles.